The summed E-state index contributed by atoms with van der Waals surface area (Å²) in [5.74, 6) is 1.59. The van der Waals surface area contributed by atoms with Crippen LogP contribution >= 0.6 is 0 Å². The second-order valence-electron chi connectivity index (χ2n) is 7.24. The number of methoxy groups -OCH3 is 1. The fourth-order valence-electron chi connectivity index (χ4n) is 3.46. The minimum Gasteiger partial charge on any atom is -0.497 e. The van der Waals surface area contributed by atoms with Crippen LogP contribution in [0.15, 0.2) is 48.5 Å². The Morgan fingerprint density at radius 1 is 1.07 bits per heavy atom. The quantitative estimate of drug-likeness (QED) is 0.761. The average Bonchev–Trinajstić information content (AvgIpc) is 2.75. The molecular formula is C23H29NO4. The van der Waals surface area contributed by atoms with Crippen molar-refractivity contribution in [2.75, 3.05) is 25.6 Å². The van der Waals surface area contributed by atoms with Crippen LogP contribution in [-0.4, -0.2) is 32.3 Å². The summed E-state index contributed by atoms with van der Waals surface area (Å²) in [6, 6.07) is 15.3. The van der Waals surface area contributed by atoms with Gasteiger partial charge in [0, 0.05) is 18.9 Å². The van der Waals surface area contributed by atoms with Crippen molar-refractivity contribution in [3.63, 3.8) is 0 Å². The van der Waals surface area contributed by atoms with Gasteiger partial charge in [0.2, 0.25) is 5.91 Å². The van der Waals surface area contributed by atoms with Gasteiger partial charge in [0.05, 0.1) is 18.6 Å². The summed E-state index contributed by atoms with van der Waals surface area (Å²) >= 11 is 0. The Balaban J connectivity index is 1.78. The molecule has 0 aromatic heterocycles. The predicted octanol–water partition coefficient (Wildman–Crippen LogP) is 4.56. The molecule has 5 nitrogen and oxygen atoms in total. The molecule has 0 spiro atoms. The van der Waals surface area contributed by atoms with Gasteiger partial charge in [0.25, 0.3) is 0 Å². The van der Waals surface area contributed by atoms with Crippen LogP contribution in [0.3, 0.4) is 0 Å². The number of rotatable bonds is 7. The topological polar surface area (TPSA) is 56.8 Å². The molecule has 1 aliphatic heterocycles. The lowest BCUT2D eigenvalue weighted by Gasteiger charge is -2.36. The van der Waals surface area contributed by atoms with Crippen molar-refractivity contribution < 1.29 is 19.0 Å². The SMILES string of the molecule is CC[C@@H](C)Oc1ccc(NC(=O)C2(c3ccc(OC)cc3)CCOCC2)cc1. The zero-order valence-electron chi connectivity index (χ0n) is 16.9. The van der Waals surface area contributed by atoms with E-state index >= 15 is 0 Å². The van der Waals surface area contributed by atoms with Crippen molar-refractivity contribution in [3.8, 4) is 11.5 Å². The van der Waals surface area contributed by atoms with Gasteiger partial charge in [-0.05, 0) is 68.1 Å². The smallest absolute Gasteiger partial charge is 0.235 e. The molecule has 1 saturated heterocycles. The van der Waals surface area contributed by atoms with E-state index in [0.717, 1.165) is 29.2 Å². The van der Waals surface area contributed by atoms with E-state index in [1.54, 1.807) is 7.11 Å². The van der Waals surface area contributed by atoms with E-state index in [0.29, 0.717) is 26.1 Å². The number of carbonyl (C=O) groups is 1. The van der Waals surface area contributed by atoms with Crippen LogP contribution < -0.4 is 14.8 Å². The molecule has 28 heavy (non-hydrogen) atoms. The minimum absolute atomic E-state index is 0.00318. The van der Waals surface area contributed by atoms with E-state index in [-0.39, 0.29) is 12.0 Å². The molecule has 5 heteroatoms. The van der Waals surface area contributed by atoms with E-state index in [1.165, 1.54) is 0 Å². The van der Waals surface area contributed by atoms with Gasteiger partial charge < -0.3 is 19.5 Å². The maximum absolute atomic E-state index is 13.3. The number of amides is 1. The molecule has 1 heterocycles. The van der Waals surface area contributed by atoms with Crippen molar-refractivity contribution in [1.29, 1.82) is 0 Å². The lowest BCUT2D eigenvalue weighted by atomic mass is 9.73. The summed E-state index contributed by atoms with van der Waals surface area (Å²) < 4.78 is 16.6. The number of nitrogens with one attached hydrogen (secondary N) is 1. The molecule has 0 radical (unpaired) electrons. The molecule has 2 aromatic rings. The molecule has 2 aromatic carbocycles. The molecule has 1 N–H and O–H groups in total. The molecule has 1 fully saturated rings. The third-order valence-corrected chi connectivity index (χ3v) is 5.45. The van der Waals surface area contributed by atoms with E-state index in [4.69, 9.17) is 14.2 Å². The average molecular weight is 383 g/mol. The third-order valence-electron chi connectivity index (χ3n) is 5.45. The fourth-order valence-corrected chi connectivity index (χ4v) is 3.46. The van der Waals surface area contributed by atoms with E-state index < -0.39 is 5.41 Å². The van der Waals surface area contributed by atoms with Crippen LogP contribution in [-0.2, 0) is 14.9 Å². The fraction of sp³-hybridized carbons (Fsp3) is 0.435. The Labute approximate surface area is 167 Å². The second-order valence-corrected chi connectivity index (χ2v) is 7.24. The Hall–Kier alpha value is -2.53. The monoisotopic (exact) mass is 383 g/mol. The Morgan fingerprint density at radius 2 is 1.68 bits per heavy atom. The van der Waals surface area contributed by atoms with Gasteiger partial charge in [0.1, 0.15) is 11.5 Å². The van der Waals surface area contributed by atoms with Crippen molar-refractivity contribution >= 4 is 11.6 Å². The normalized spacial score (nSPS) is 16.8. The van der Waals surface area contributed by atoms with Crippen LogP contribution in [0.5, 0.6) is 11.5 Å². The Morgan fingerprint density at radius 3 is 2.25 bits per heavy atom. The first-order valence-electron chi connectivity index (χ1n) is 9.88. The van der Waals surface area contributed by atoms with Crippen LogP contribution in [0.1, 0.15) is 38.7 Å². The highest BCUT2D eigenvalue weighted by Gasteiger charge is 2.41. The minimum atomic E-state index is -0.601. The summed E-state index contributed by atoms with van der Waals surface area (Å²) in [6.07, 6.45) is 2.42. The van der Waals surface area contributed by atoms with Gasteiger partial charge >= 0.3 is 0 Å². The van der Waals surface area contributed by atoms with Crippen molar-refractivity contribution in [1.82, 2.24) is 0 Å². The molecule has 0 saturated carbocycles. The van der Waals surface area contributed by atoms with Crippen LogP contribution in [0.25, 0.3) is 0 Å². The van der Waals surface area contributed by atoms with E-state index in [9.17, 15) is 4.79 Å². The second kappa shape index (κ2) is 9.11. The van der Waals surface area contributed by atoms with Crippen LogP contribution in [0, 0.1) is 0 Å². The van der Waals surface area contributed by atoms with Crippen molar-refractivity contribution in [2.24, 2.45) is 0 Å². The summed E-state index contributed by atoms with van der Waals surface area (Å²) in [5, 5.41) is 3.09. The molecule has 150 valence electrons. The van der Waals surface area contributed by atoms with Gasteiger partial charge in [-0.2, -0.15) is 0 Å². The first kappa shape index (κ1) is 20.2. The van der Waals surface area contributed by atoms with Crippen molar-refractivity contribution in [3.05, 3.63) is 54.1 Å². The van der Waals surface area contributed by atoms with Gasteiger partial charge in [0.15, 0.2) is 0 Å². The highest BCUT2D eigenvalue weighted by molar-refractivity contribution is 5.99. The van der Waals surface area contributed by atoms with Crippen LogP contribution in [0.2, 0.25) is 0 Å². The summed E-state index contributed by atoms with van der Waals surface area (Å²) in [6.45, 7) is 5.27. The lowest BCUT2D eigenvalue weighted by Crippen LogP contribution is -2.44. The summed E-state index contributed by atoms with van der Waals surface area (Å²) in [5.41, 5.74) is 1.16. The summed E-state index contributed by atoms with van der Waals surface area (Å²) in [4.78, 5) is 13.3. The largest absolute Gasteiger partial charge is 0.497 e. The lowest BCUT2D eigenvalue weighted by molar-refractivity contribution is -0.125. The first-order valence-corrected chi connectivity index (χ1v) is 9.88. The van der Waals surface area contributed by atoms with Gasteiger partial charge in [-0.3, -0.25) is 4.79 Å². The highest BCUT2D eigenvalue weighted by atomic mass is 16.5. The molecule has 1 atom stereocenters. The van der Waals surface area contributed by atoms with Crippen molar-refractivity contribution in [2.45, 2.75) is 44.6 Å². The molecule has 0 bridgehead atoms. The third kappa shape index (κ3) is 4.47. The zero-order chi connectivity index (χ0) is 20.0. The Bertz CT molecular complexity index is 764. The van der Waals surface area contributed by atoms with Crippen LogP contribution in [0.4, 0.5) is 5.69 Å². The zero-order valence-corrected chi connectivity index (χ0v) is 16.9. The maximum Gasteiger partial charge on any atom is 0.235 e. The molecule has 0 aliphatic carbocycles. The Kier molecular flexibility index (Phi) is 6.57. The van der Waals surface area contributed by atoms with E-state index in [2.05, 4.69) is 12.2 Å². The van der Waals surface area contributed by atoms with Gasteiger partial charge in [-0.15, -0.1) is 0 Å². The summed E-state index contributed by atoms with van der Waals surface area (Å²) in [7, 11) is 1.64. The number of hydrogen-bond donors (Lipinski definition) is 1. The molecule has 3 rings (SSSR count). The highest BCUT2D eigenvalue weighted by Crippen LogP contribution is 2.37. The number of hydrogen-bond acceptors (Lipinski definition) is 4. The predicted molar refractivity (Wildman–Crippen MR) is 110 cm³/mol. The first-order chi connectivity index (χ1) is 13.6. The standard InChI is InChI=1S/C23H29NO4/c1-4-17(2)28-21-11-7-19(8-12-21)24-22(25)23(13-15-27-16-14-23)18-5-9-20(26-3)10-6-18/h5-12,17H,4,13-16H2,1-3H3,(H,24,25)/t17-/m1/s1. The maximum atomic E-state index is 13.3. The number of ether oxygens (including phenoxy) is 3. The number of carbonyl (C=O) groups excluding carboxylic acids is 1. The van der Waals surface area contributed by atoms with Gasteiger partial charge in [-0.25, -0.2) is 0 Å². The number of anilines is 1. The van der Waals surface area contributed by atoms with Gasteiger partial charge in [-0.1, -0.05) is 19.1 Å². The molecule has 1 aliphatic rings. The molecular weight excluding hydrogens is 354 g/mol. The number of benzene rings is 2. The molecule has 1 amide bonds. The van der Waals surface area contributed by atoms with E-state index in [1.807, 2.05) is 55.5 Å². The molecule has 0 unspecified atom stereocenters.